The van der Waals surface area contributed by atoms with Crippen molar-refractivity contribution >= 4 is 17.8 Å². The third-order valence-corrected chi connectivity index (χ3v) is 2.92. The average Bonchev–Trinajstić information content (AvgIpc) is 2.77. The molecule has 2 atom stereocenters. The van der Waals surface area contributed by atoms with E-state index in [1.807, 2.05) is 6.07 Å². The van der Waals surface area contributed by atoms with E-state index in [0.717, 1.165) is 0 Å². The van der Waals surface area contributed by atoms with Gasteiger partial charge >= 0.3 is 11.9 Å². The number of carbonyl (C=O) groups excluding carboxylic acids is 3. The molecule has 0 aromatic heterocycles. The number of rotatable bonds is 4. The van der Waals surface area contributed by atoms with Gasteiger partial charge in [-0.2, -0.15) is 0 Å². The summed E-state index contributed by atoms with van der Waals surface area (Å²) in [7, 11) is 0. The van der Waals surface area contributed by atoms with Gasteiger partial charge in [-0.25, -0.2) is 0 Å². The van der Waals surface area contributed by atoms with E-state index in [-0.39, 0.29) is 18.9 Å². The first-order valence-electron chi connectivity index (χ1n) is 6.25. The minimum Gasteiger partial charge on any atom is -0.462 e. The van der Waals surface area contributed by atoms with Crippen LogP contribution in [0.1, 0.15) is 23.7 Å². The lowest BCUT2D eigenvalue weighted by Crippen LogP contribution is -2.42. The maximum absolute atomic E-state index is 12.0. The van der Waals surface area contributed by atoms with Crippen molar-refractivity contribution in [1.29, 1.82) is 0 Å². The lowest BCUT2D eigenvalue weighted by molar-refractivity contribution is -0.151. The predicted octanol–water partition coefficient (Wildman–Crippen LogP) is 0.664. The van der Waals surface area contributed by atoms with Gasteiger partial charge in [0.05, 0.1) is 12.5 Å². The molecule has 0 aliphatic carbocycles. The highest BCUT2D eigenvalue weighted by Crippen LogP contribution is 2.16. The average molecular weight is 277 g/mol. The van der Waals surface area contributed by atoms with Crippen molar-refractivity contribution in [2.45, 2.75) is 25.5 Å². The van der Waals surface area contributed by atoms with Crippen LogP contribution < -0.4 is 5.32 Å². The van der Waals surface area contributed by atoms with Gasteiger partial charge in [-0.05, 0) is 12.1 Å². The summed E-state index contributed by atoms with van der Waals surface area (Å²) in [5, 5.41) is 2.72. The predicted molar refractivity (Wildman–Crippen MR) is 68.8 cm³/mol. The molecular formula is C14H15NO5. The van der Waals surface area contributed by atoms with Gasteiger partial charge in [0, 0.05) is 12.5 Å². The Morgan fingerprint density at radius 2 is 2.05 bits per heavy atom. The van der Waals surface area contributed by atoms with Gasteiger partial charge in [-0.15, -0.1) is 0 Å². The van der Waals surface area contributed by atoms with E-state index in [1.54, 1.807) is 24.3 Å². The fourth-order valence-corrected chi connectivity index (χ4v) is 1.94. The monoisotopic (exact) mass is 277 g/mol. The molecule has 0 radical (unpaired) electrons. The van der Waals surface area contributed by atoms with E-state index in [0.29, 0.717) is 5.56 Å². The van der Waals surface area contributed by atoms with E-state index in [4.69, 9.17) is 9.47 Å². The number of hydrogen-bond acceptors (Lipinski definition) is 5. The number of nitrogens with one attached hydrogen (secondary N) is 1. The van der Waals surface area contributed by atoms with Gasteiger partial charge < -0.3 is 14.8 Å². The van der Waals surface area contributed by atoms with E-state index >= 15 is 0 Å². The summed E-state index contributed by atoms with van der Waals surface area (Å²) in [6.45, 7) is 1.22. The maximum atomic E-state index is 12.0. The second kappa shape index (κ2) is 6.18. The molecule has 2 rings (SSSR count). The Hall–Kier alpha value is -2.37. The van der Waals surface area contributed by atoms with E-state index < -0.39 is 24.1 Å². The number of ether oxygens (including phenoxy) is 2. The zero-order valence-corrected chi connectivity index (χ0v) is 11.0. The Bertz CT molecular complexity index is 514. The van der Waals surface area contributed by atoms with Crippen molar-refractivity contribution in [3.63, 3.8) is 0 Å². The maximum Gasteiger partial charge on any atom is 0.308 e. The van der Waals surface area contributed by atoms with Gasteiger partial charge in [0.1, 0.15) is 6.61 Å². The normalized spacial score (nSPS) is 21.1. The molecule has 6 nitrogen and oxygen atoms in total. The first kappa shape index (κ1) is 14.0. The van der Waals surface area contributed by atoms with Crippen LogP contribution in [-0.2, 0) is 19.1 Å². The number of hydrogen-bond donors (Lipinski definition) is 1. The van der Waals surface area contributed by atoms with Gasteiger partial charge in [-0.1, -0.05) is 18.2 Å². The topological polar surface area (TPSA) is 81.7 Å². The summed E-state index contributed by atoms with van der Waals surface area (Å²) >= 11 is 0. The Morgan fingerprint density at radius 1 is 1.35 bits per heavy atom. The smallest absolute Gasteiger partial charge is 0.308 e. The fraction of sp³-hybridized carbons (Fsp3) is 0.357. The highest BCUT2D eigenvalue weighted by atomic mass is 16.6. The Balaban J connectivity index is 1.97. The van der Waals surface area contributed by atoms with Crippen LogP contribution in [0.15, 0.2) is 30.3 Å². The van der Waals surface area contributed by atoms with Gasteiger partial charge in [0.2, 0.25) is 0 Å². The zero-order chi connectivity index (χ0) is 14.5. The second-order valence-corrected chi connectivity index (χ2v) is 4.48. The van der Waals surface area contributed by atoms with Gasteiger partial charge in [0.25, 0.3) is 5.91 Å². The largest absolute Gasteiger partial charge is 0.462 e. The van der Waals surface area contributed by atoms with Crippen molar-refractivity contribution in [2.75, 3.05) is 6.61 Å². The summed E-state index contributed by atoms with van der Waals surface area (Å²) in [6, 6.07) is 8.17. The van der Waals surface area contributed by atoms with Crippen LogP contribution >= 0.6 is 0 Å². The molecule has 6 heteroatoms. The first-order valence-corrected chi connectivity index (χ1v) is 6.25. The molecule has 1 saturated heterocycles. The molecule has 1 aromatic carbocycles. The number of amides is 1. The third-order valence-electron chi connectivity index (χ3n) is 2.92. The molecule has 20 heavy (non-hydrogen) atoms. The Morgan fingerprint density at radius 3 is 2.70 bits per heavy atom. The lowest BCUT2D eigenvalue weighted by atomic mass is 10.1. The van der Waals surface area contributed by atoms with Gasteiger partial charge in [0.15, 0.2) is 6.10 Å². The van der Waals surface area contributed by atoms with Crippen LogP contribution in [0.25, 0.3) is 0 Å². The van der Waals surface area contributed by atoms with Crippen LogP contribution in [0.4, 0.5) is 0 Å². The minimum atomic E-state index is -0.640. The Labute approximate surface area is 116 Å². The lowest BCUT2D eigenvalue weighted by Gasteiger charge is -2.18. The summed E-state index contributed by atoms with van der Waals surface area (Å²) in [5.41, 5.74) is 0.498. The quantitative estimate of drug-likeness (QED) is 0.818. The number of cyclic esters (lactones) is 1. The standard InChI is InChI=1S/C14H15NO5/c1-9(16)19-8-12-11(7-13(17)20-12)15-14(18)10-5-3-2-4-6-10/h2-6,11-12H,7-8H2,1H3,(H,15,18)/t11-,12+/m0/s1. The second-order valence-electron chi connectivity index (χ2n) is 4.48. The van der Waals surface area contributed by atoms with Crippen LogP contribution in [0.3, 0.4) is 0 Å². The van der Waals surface area contributed by atoms with Crippen molar-refractivity contribution in [1.82, 2.24) is 5.32 Å². The third kappa shape index (κ3) is 3.57. The Kier molecular flexibility index (Phi) is 4.34. The summed E-state index contributed by atoms with van der Waals surface area (Å²) in [4.78, 5) is 34.1. The van der Waals surface area contributed by atoms with Crippen molar-refractivity contribution in [2.24, 2.45) is 0 Å². The molecule has 1 amide bonds. The molecule has 1 fully saturated rings. The van der Waals surface area contributed by atoms with Crippen LogP contribution in [-0.4, -0.2) is 36.6 Å². The van der Waals surface area contributed by atoms with Crippen LogP contribution in [0, 0.1) is 0 Å². The highest BCUT2D eigenvalue weighted by molar-refractivity contribution is 5.94. The summed E-state index contributed by atoms with van der Waals surface area (Å²) in [6.07, 6.45) is -0.566. The fourth-order valence-electron chi connectivity index (χ4n) is 1.94. The molecule has 1 N–H and O–H groups in total. The molecule has 0 saturated carbocycles. The van der Waals surface area contributed by atoms with E-state index in [9.17, 15) is 14.4 Å². The molecule has 1 heterocycles. The molecule has 1 aromatic rings. The highest BCUT2D eigenvalue weighted by Gasteiger charge is 2.36. The van der Waals surface area contributed by atoms with E-state index in [2.05, 4.69) is 5.32 Å². The molecule has 0 bridgehead atoms. The minimum absolute atomic E-state index is 0.0548. The van der Waals surface area contributed by atoms with Gasteiger partial charge in [-0.3, -0.25) is 14.4 Å². The molecule has 1 aliphatic rings. The summed E-state index contributed by atoms with van der Waals surface area (Å²) < 4.78 is 9.85. The van der Waals surface area contributed by atoms with Crippen molar-refractivity contribution in [3.8, 4) is 0 Å². The number of carbonyl (C=O) groups is 3. The van der Waals surface area contributed by atoms with Crippen molar-refractivity contribution < 1.29 is 23.9 Å². The zero-order valence-electron chi connectivity index (χ0n) is 11.0. The van der Waals surface area contributed by atoms with Crippen LogP contribution in [0.5, 0.6) is 0 Å². The first-order chi connectivity index (χ1) is 9.56. The summed E-state index contributed by atoms with van der Waals surface area (Å²) in [5.74, 6) is -1.16. The number of esters is 2. The van der Waals surface area contributed by atoms with Crippen molar-refractivity contribution in [3.05, 3.63) is 35.9 Å². The number of benzene rings is 1. The van der Waals surface area contributed by atoms with Crippen LogP contribution in [0.2, 0.25) is 0 Å². The molecular weight excluding hydrogens is 262 g/mol. The molecule has 0 spiro atoms. The molecule has 1 aliphatic heterocycles. The molecule has 106 valence electrons. The SMILES string of the molecule is CC(=O)OC[C@H]1OC(=O)C[C@@H]1NC(=O)c1ccccc1. The van der Waals surface area contributed by atoms with E-state index in [1.165, 1.54) is 6.92 Å². The molecule has 0 unspecified atom stereocenters.